The molecule has 7 heteroatoms. The zero-order chi connectivity index (χ0) is 17.7. The van der Waals surface area contributed by atoms with Crippen molar-refractivity contribution in [1.82, 2.24) is 4.90 Å². The lowest BCUT2D eigenvalue weighted by molar-refractivity contribution is -0.126. The summed E-state index contributed by atoms with van der Waals surface area (Å²) >= 11 is 6.22. The quantitative estimate of drug-likeness (QED) is 0.821. The Hall–Kier alpha value is -1.63. The molecule has 132 valence electrons. The first-order chi connectivity index (χ1) is 11.5. The first kappa shape index (κ1) is 18.7. The monoisotopic (exact) mass is 353 g/mol. The van der Waals surface area contributed by atoms with Gasteiger partial charge in [-0.1, -0.05) is 11.6 Å². The van der Waals surface area contributed by atoms with Crippen LogP contribution in [-0.4, -0.2) is 48.6 Å². The molecule has 24 heavy (non-hydrogen) atoms. The molecule has 0 aliphatic carbocycles. The van der Waals surface area contributed by atoms with Gasteiger partial charge in [-0.15, -0.1) is 0 Å². The summed E-state index contributed by atoms with van der Waals surface area (Å²) in [5, 5.41) is 3.10. The summed E-state index contributed by atoms with van der Waals surface area (Å²) in [4.78, 5) is 26.3. The molecule has 1 saturated heterocycles. The molecule has 2 amide bonds. The lowest BCUT2D eigenvalue weighted by Crippen LogP contribution is -2.31. The predicted octanol–water partition coefficient (Wildman–Crippen LogP) is 2.27. The summed E-state index contributed by atoms with van der Waals surface area (Å²) in [7, 11) is 0. The second-order valence-corrected chi connectivity index (χ2v) is 6.13. The van der Waals surface area contributed by atoms with Gasteiger partial charge in [-0.25, -0.2) is 0 Å². The van der Waals surface area contributed by atoms with Crippen molar-refractivity contribution in [2.45, 2.75) is 38.9 Å². The number of carbonyl (C=O) groups is 2. The lowest BCUT2D eigenvalue weighted by Gasteiger charge is -2.19. The van der Waals surface area contributed by atoms with E-state index in [1.54, 1.807) is 23.1 Å². The topological polar surface area (TPSA) is 84.7 Å². The van der Waals surface area contributed by atoms with Crippen LogP contribution in [0.2, 0.25) is 5.02 Å². The molecule has 0 radical (unpaired) electrons. The summed E-state index contributed by atoms with van der Waals surface area (Å²) in [6, 6.07) is 4.90. The van der Waals surface area contributed by atoms with E-state index in [4.69, 9.17) is 22.1 Å². The van der Waals surface area contributed by atoms with Crippen LogP contribution in [0.25, 0.3) is 0 Å². The molecule has 3 N–H and O–H groups in total. The number of nitrogens with zero attached hydrogens (tertiary/aromatic N) is 1. The van der Waals surface area contributed by atoms with Gasteiger partial charge in [0.15, 0.2) is 0 Å². The molecule has 0 unspecified atom stereocenters. The van der Waals surface area contributed by atoms with E-state index in [2.05, 4.69) is 5.32 Å². The van der Waals surface area contributed by atoms with Crippen LogP contribution in [0.15, 0.2) is 18.2 Å². The minimum absolute atomic E-state index is 0.0570. The number of hydrogen-bond acceptors (Lipinski definition) is 4. The van der Waals surface area contributed by atoms with Gasteiger partial charge >= 0.3 is 0 Å². The molecule has 1 aliphatic rings. The molecule has 1 aromatic carbocycles. The second kappa shape index (κ2) is 8.46. The molecule has 1 aliphatic heterocycles. The first-order valence-electron chi connectivity index (χ1n) is 8.25. The van der Waals surface area contributed by atoms with Gasteiger partial charge in [-0.2, -0.15) is 0 Å². The molecular weight excluding hydrogens is 330 g/mol. The molecule has 2 atom stereocenters. The van der Waals surface area contributed by atoms with Gasteiger partial charge in [0, 0.05) is 25.3 Å². The third-order valence-corrected chi connectivity index (χ3v) is 4.49. The first-order valence-corrected chi connectivity index (χ1v) is 8.63. The summed E-state index contributed by atoms with van der Waals surface area (Å²) in [6.07, 6.45) is 0.889. The van der Waals surface area contributed by atoms with E-state index in [0.717, 1.165) is 6.42 Å². The van der Waals surface area contributed by atoms with Crippen LogP contribution in [0.5, 0.6) is 0 Å². The summed E-state index contributed by atoms with van der Waals surface area (Å²) in [6.45, 7) is 5.48. The fourth-order valence-corrected chi connectivity index (χ4v) is 3.00. The van der Waals surface area contributed by atoms with Crippen molar-refractivity contribution in [2.75, 3.05) is 25.0 Å². The number of halogens is 1. The van der Waals surface area contributed by atoms with E-state index in [1.807, 2.05) is 13.8 Å². The number of nitrogens with two attached hydrogens (primary N) is 1. The number of carbonyl (C=O) groups excluding carboxylic acids is 2. The maximum Gasteiger partial charge on any atom is 0.255 e. The normalized spacial score (nSPS) is 20.0. The fraction of sp³-hybridized carbons (Fsp3) is 0.529. The summed E-state index contributed by atoms with van der Waals surface area (Å²) in [5.74, 6) is -0.336. The van der Waals surface area contributed by atoms with Crippen LogP contribution >= 0.6 is 11.6 Å². The minimum Gasteiger partial charge on any atom is -0.364 e. The van der Waals surface area contributed by atoms with Crippen LogP contribution in [0.3, 0.4) is 0 Å². The Morgan fingerprint density at radius 3 is 2.58 bits per heavy atom. The fourth-order valence-electron chi connectivity index (χ4n) is 2.74. The summed E-state index contributed by atoms with van der Waals surface area (Å²) < 4.78 is 5.57. The average Bonchev–Trinajstić information content (AvgIpc) is 3.05. The van der Waals surface area contributed by atoms with Crippen LogP contribution in [0, 0.1) is 0 Å². The standard InChI is InChI=1S/C17H24ClN3O3/c1-3-21(4-2)17(23)13-7-5-11(9-14(13)18)20-16(22)15-8-6-12(10-19)24-15/h5,7,9,12,15H,3-4,6,8,10,19H2,1-2H3,(H,20,22)/t12-,15+/m1/s1. The maximum atomic E-state index is 12.4. The molecule has 0 bridgehead atoms. The van der Waals surface area contributed by atoms with Crippen molar-refractivity contribution < 1.29 is 14.3 Å². The number of hydrogen-bond donors (Lipinski definition) is 2. The van der Waals surface area contributed by atoms with Gasteiger partial charge in [0.1, 0.15) is 6.10 Å². The number of amides is 2. The van der Waals surface area contributed by atoms with Crippen LogP contribution in [0.1, 0.15) is 37.0 Å². The Balaban J connectivity index is 2.04. The average molecular weight is 354 g/mol. The third kappa shape index (κ3) is 4.26. The molecule has 0 spiro atoms. The highest BCUT2D eigenvalue weighted by atomic mass is 35.5. The predicted molar refractivity (Wildman–Crippen MR) is 94.3 cm³/mol. The Labute approximate surface area is 147 Å². The second-order valence-electron chi connectivity index (χ2n) is 5.72. The van der Waals surface area contributed by atoms with Crippen LogP contribution in [-0.2, 0) is 9.53 Å². The van der Waals surface area contributed by atoms with Crippen LogP contribution < -0.4 is 11.1 Å². The van der Waals surface area contributed by atoms with Crippen LogP contribution in [0.4, 0.5) is 5.69 Å². The minimum atomic E-state index is -0.491. The number of nitrogens with one attached hydrogen (secondary N) is 1. The van der Waals surface area contributed by atoms with Crippen molar-refractivity contribution in [2.24, 2.45) is 5.73 Å². The molecule has 0 aromatic heterocycles. The molecule has 1 fully saturated rings. The largest absolute Gasteiger partial charge is 0.364 e. The molecule has 0 saturated carbocycles. The Kier molecular flexibility index (Phi) is 6.60. The van der Waals surface area contributed by atoms with Gasteiger partial charge in [0.05, 0.1) is 16.7 Å². The van der Waals surface area contributed by atoms with E-state index >= 15 is 0 Å². The Bertz CT molecular complexity index is 605. The highest BCUT2D eigenvalue weighted by Crippen LogP contribution is 2.24. The van der Waals surface area contributed by atoms with E-state index < -0.39 is 6.10 Å². The maximum absolute atomic E-state index is 12.4. The Morgan fingerprint density at radius 1 is 1.33 bits per heavy atom. The zero-order valence-corrected chi connectivity index (χ0v) is 14.8. The van der Waals surface area contributed by atoms with Crippen molar-refractivity contribution >= 4 is 29.1 Å². The van der Waals surface area contributed by atoms with Crippen molar-refractivity contribution in [3.63, 3.8) is 0 Å². The number of rotatable bonds is 6. The van der Waals surface area contributed by atoms with E-state index in [1.165, 1.54) is 0 Å². The number of ether oxygens (including phenoxy) is 1. The Morgan fingerprint density at radius 2 is 2.04 bits per heavy atom. The van der Waals surface area contributed by atoms with Crippen molar-refractivity contribution in [3.8, 4) is 0 Å². The van der Waals surface area contributed by atoms with Gasteiger partial charge in [0.25, 0.3) is 11.8 Å². The van der Waals surface area contributed by atoms with Gasteiger partial charge in [-0.05, 0) is 44.9 Å². The smallest absolute Gasteiger partial charge is 0.255 e. The SMILES string of the molecule is CCN(CC)C(=O)c1ccc(NC(=O)[C@@H]2CC[C@H](CN)O2)cc1Cl. The number of benzene rings is 1. The molecule has 1 aromatic rings. The van der Waals surface area contributed by atoms with Gasteiger partial charge in [-0.3, -0.25) is 9.59 Å². The zero-order valence-electron chi connectivity index (χ0n) is 14.0. The van der Waals surface area contributed by atoms with Gasteiger partial charge in [0.2, 0.25) is 0 Å². The van der Waals surface area contributed by atoms with E-state index in [0.29, 0.717) is 42.3 Å². The van der Waals surface area contributed by atoms with E-state index in [-0.39, 0.29) is 17.9 Å². The highest BCUT2D eigenvalue weighted by molar-refractivity contribution is 6.34. The van der Waals surface area contributed by atoms with Gasteiger partial charge < -0.3 is 20.7 Å². The molecule has 2 rings (SSSR count). The number of anilines is 1. The molecule has 6 nitrogen and oxygen atoms in total. The third-order valence-electron chi connectivity index (χ3n) is 4.18. The lowest BCUT2D eigenvalue weighted by atomic mass is 10.1. The van der Waals surface area contributed by atoms with Crippen molar-refractivity contribution in [1.29, 1.82) is 0 Å². The molecular formula is C17H24ClN3O3. The van der Waals surface area contributed by atoms with E-state index in [9.17, 15) is 9.59 Å². The molecule has 1 heterocycles. The summed E-state index contributed by atoms with van der Waals surface area (Å²) in [5.41, 5.74) is 6.52. The highest BCUT2D eigenvalue weighted by Gasteiger charge is 2.30. The van der Waals surface area contributed by atoms with Crippen molar-refractivity contribution in [3.05, 3.63) is 28.8 Å².